The van der Waals surface area contributed by atoms with Gasteiger partial charge in [-0.25, -0.2) is 4.39 Å². The summed E-state index contributed by atoms with van der Waals surface area (Å²) in [6.07, 6.45) is 0.794. The van der Waals surface area contributed by atoms with E-state index in [1.165, 1.54) is 13.2 Å². The number of aliphatic hydroxyl groups excluding tert-OH is 1. The zero-order valence-electron chi connectivity index (χ0n) is 8.46. The molecule has 0 aliphatic heterocycles. The van der Waals surface area contributed by atoms with Gasteiger partial charge in [0.05, 0.1) is 7.11 Å². The van der Waals surface area contributed by atoms with E-state index < -0.39 is 0 Å². The van der Waals surface area contributed by atoms with Crippen LogP contribution in [-0.4, -0.2) is 18.8 Å². The summed E-state index contributed by atoms with van der Waals surface area (Å²) in [5.74, 6) is -0.131. The van der Waals surface area contributed by atoms with Crippen molar-refractivity contribution in [3.63, 3.8) is 0 Å². The Labute approximate surface area is 83.3 Å². The van der Waals surface area contributed by atoms with Crippen LogP contribution < -0.4 is 4.74 Å². The highest BCUT2D eigenvalue weighted by atomic mass is 19.1. The quantitative estimate of drug-likeness (QED) is 0.804. The van der Waals surface area contributed by atoms with Crippen molar-refractivity contribution in [2.75, 3.05) is 13.7 Å². The molecule has 0 spiro atoms. The fourth-order valence-corrected chi connectivity index (χ4v) is 1.41. The van der Waals surface area contributed by atoms with Gasteiger partial charge in [-0.05, 0) is 24.1 Å². The summed E-state index contributed by atoms with van der Waals surface area (Å²) >= 11 is 0. The van der Waals surface area contributed by atoms with Gasteiger partial charge in [0, 0.05) is 12.5 Å². The van der Waals surface area contributed by atoms with Crippen molar-refractivity contribution in [2.24, 2.45) is 0 Å². The average molecular weight is 198 g/mol. The minimum atomic E-state index is -0.378. The van der Waals surface area contributed by atoms with Crippen LogP contribution in [-0.2, 0) is 0 Å². The lowest BCUT2D eigenvalue weighted by molar-refractivity contribution is 0.262. The van der Waals surface area contributed by atoms with E-state index in [2.05, 4.69) is 0 Å². The zero-order valence-corrected chi connectivity index (χ0v) is 8.46. The average Bonchev–Trinajstić information content (AvgIpc) is 2.20. The van der Waals surface area contributed by atoms with Gasteiger partial charge in [-0.2, -0.15) is 0 Å². The number of halogens is 1. The first-order valence-corrected chi connectivity index (χ1v) is 4.67. The van der Waals surface area contributed by atoms with Crippen LogP contribution in [0.5, 0.6) is 5.75 Å². The van der Waals surface area contributed by atoms with Gasteiger partial charge >= 0.3 is 0 Å². The molecule has 0 heterocycles. The van der Waals surface area contributed by atoms with Gasteiger partial charge in [0.2, 0.25) is 0 Å². The molecule has 0 bridgehead atoms. The second-order valence-electron chi connectivity index (χ2n) is 3.18. The van der Waals surface area contributed by atoms with E-state index in [1.54, 1.807) is 12.1 Å². The predicted molar refractivity (Wildman–Crippen MR) is 53.1 cm³/mol. The molecule has 2 nitrogen and oxygen atoms in total. The number of methoxy groups -OCH3 is 1. The Kier molecular flexibility index (Phi) is 3.89. The van der Waals surface area contributed by atoms with E-state index in [1.807, 2.05) is 6.92 Å². The molecule has 0 aliphatic carbocycles. The highest BCUT2D eigenvalue weighted by molar-refractivity contribution is 5.31. The van der Waals surface area contributed by atoms with Crippen LogP contribution in [0.3, 0.4) is 0 Å². The van der Waals surface area contributed by atoms with Crippen molar-refractivity contribution in [2.45, 2.75) is 19.3 Å². The Morgan fingerprint density at radius 2 is 2.21 bits per heavy atom. The number of hydrogen-bond donors (Lipinski definition) is 1. The van der Waals surface area contributed by atoms with Crippen LogP contribution in [0.15, 0.2) is 18.2 Å². The van der Waals surface area contributed by atoms with Crippen LogP contribution in [0, 0.1) is 5.82 Å². The maximum atomic E-state index is 13.3. The van der Waals surface area contributed by atoms with Crippen LogP contribution in [0.4, 0.5) is 4.39 Å². The molecule has 3 heteroatoms. The summed E-state index contributed by atoms with van der Waals surface area (Å²) in [6.45, 7) is 2.01. The van der Waals surface area contributed by atoms with Crippen molar-refractivity contribution in [3.8, 4) is 5.75 Å². The van der Waals surface area contributed by atoms with Gasteiger partial charge in [-0.3, -0.25) is 0 Å². The lowest BCUT2D eigenvalue weighted by atomic mass is 9.97. The van der Waals surface area contributed by atoms with E-state index in [0.717, 1.165) is 12.0 Å². The van der Waals surface area contributed by atoms with Crippen molar-refractivity contribution in [3.05, 3.63) is 29.6 Å². The zero-order chi connectivity index (χ0) is 10.6. The second-order valence-corrected chi connectivity index (χ2v) is 3.18. The topological polar surface area (TPSA) is 29.5 Å². The summed E-state index contributed by atoms with van der Waals surface area (Å²) in [5, 5.41) is 9.04. The standard InChI is InChI=1S/C11H15FO2/c1-3-8(7-13)9-4-5-11(14-2)10(12)6-9/h4-6,8,13H,3,7H2,1-2H3. The number of hydrogen-bond acceptors (Lipinski definition) is 2. The number of benzene rings is 1. The molecule has 1 atom stereocenters. The van der Waals surface area contributed by atoms with Crippen molar-refractivity contribution in [1.82, 2.24) is 0 Å². The molecule has 0 fully saturated rings. The molecule has 1 rings (SSSR count). The molecule has 0 saturated carbocycles. The minimum absolute atomic E-state index is 0.00964. The fraction of sp³-hybridized carbons (Fsp3) is 0.455. The molecule has 1 unspecified atom stereocenters. The van der Waals surface area contributed by atoms with Crippen LogP contribution in [0.1, 0.15) is 24.8 Å². The highest BCUT2D eigenvalue weighted by Crippen LogP contribution is 2.24. The Hall–Kier alpha value is -1.09. The third kappa shape index (κ3) is 2.23. The second kappa shape index (κ2) is 4.96. The van der Waals surface area contributed by atoms with Gasteiger partial charge in [-0.15, -0.1) is 0 Å². The normalized spacial score (nSPS) is 12.6. The summed E-state index contributed by atoms with van der Waals surface area (Å²) in [4.78, 5) is 0. The summed E-state index contributed by atoms with van der Waals surface area (Å²) in [7, 11) is 1.43. The van der Waals surface area contributed by atoms with Gasteiger partial charge in [0.1, 0.15) is 0 Å². The maximum absolute atomic E-state index is 13.3. The molecule has 0 saturated heterocycles. The van der Waals surface area contributed by atoms with Crippen LogP contribution >= 0.6 is 0 Å². The van der Waals surface area contributed by atoms with E-state index in [0.29, 0.717) is 0 Å². The molecule has 1 aromatic carbocycles. The number of rotatable bonds is 4. The lowest BCUT2D eigenvalue weighted by Crippen LogP contribution is -2.03. The van der Waals surface area contributed by atoms with E-state index in [-0.39, 0.29) is 24.1 Å². The molecular formula is C11H15FO2. The monoisotopic (exact) mass is 198 g/mol. The number of aliphatic hydroxyl groups is 1. The van der Waals surface area contributed by atoms with E-state index in [4.69, 9.17) is 9.84 Å². The molecule has 0 radical (unpaired) electrons. The molecule has 0 amide bonds. The maximum Gasteiger partial charge on any atom is 0.165 e. The SMILES string of the molecule is CCC(CO)c1ccc(OC)c(F)c1. The van der Waals surface area contributed by atoms with E-state index >= 15 is 0 Å². The predicted octanol–water partition coefficient (Wildman–Crippen LogP) is 2.32. The first kappa shape index (κ1) is 11.0. The smallest absolute Gasteiger partial charge is 0.165 e. The Bertz CT molecular complexity index is 295. The highest BCUT2D eigenvalue weighted by Gasteiger charge is 2.10. The summed E-state index contributed by atoms with van der Waals surface area (Å²) < 4.78 is 18.1. The molecule has 78 valence electrons. The fourth-order valence-electron chi connectivity index (χ4n) is 1.41. The lowest BCUT2D eigenvalue weighted by Gasteiger charge is -2.12. The summed E-state index contributed by atoms with van der Waals surface area (Å²) in [6, 6.07) is 4.79. The molecule has 0 aromatic heterocycles. The Morgan fingerprint density at radius 3 is 2.64 bits per heavy atom. The van der Waals surface area contributed by atoms with E-state index in [9.17, 15) is 4.39 Å². The van der Waals surface area contributed by atoms with Crippen molar-refractivity contribution < 1.29 is 14.2 Å². The van der Waals surface area contributed by atoms with Crippen molar-refractivity contribution >= 4 is 0 Å². The first-order chi connectivity index (χ1) is 6.72. The Balaban J connectivity index is 2.95. The van der Waals surface area contributed by atoms with Gasteiger partial charge in [0.15, 0.2) is 11.6 Å². The van der Waals surface area contributed by atoms with Crippen molar-refractivity contribution in [1.29, 1.82) is 0 Å². The summed E-state index contributed by atoms with van der Waals surface area (Å²) in [5.41, 5.74) is 0.813. The molecule has 0 aliphatic rings. The van der Waals surface area contributed by atoms with Crippen LogP contribution in [0.25, 0.3) is 0 Å². The molecular weight excluding hydrogens is 183 g/mol. The first-order valence-electron chi connectivity index (χ1n) is 4.67. The molecule has 14 heavy (non-hydrogen) atoms. The molecule has 1 N–H and O–H groups in total. The molecule has 1 aromatic rings. The van der Waals surface area contributed by atoms with Gasteiger partial charge in [0.25, 0.3) is 0 Å². The van der Waals surface area contributed by atoms with Gasteiger partial charge in [-0.1, -0.05) is 13.0 Å². The number of ether oxygens (including phenoxy) is 1. The third-order valence-corrected chi connectivity index (χ3v) is 2.36. The minimum Gasteiger partial charge on any atom is -0.494 e. The van der Waals surface area contributed by atoms with Crippen LogP contribution in [0.2, 0.25) is 0 Å². The largest absolute Gasteiger partial charge is 0.494 e. The third-order valence-electron chi connectivity index (χ3n) is 2.36. The van der Waals surface area contributed by atoms with Gasteiger partial charge < -0.3 is 9.84 Å². The Morgan fingerprint density at radius 1 is 1.50 bits per heavy atom.